The van der Waals surface area contributed by atoms with Gasteiger partial charge in [0.15, 0.2) is 0 Å². The fraction of sp³-hybridized carbons (Fsp3) is 0.333. The lowest BCUT2D eigenvalue weighted by Gasteiger charge is -2.35. The van der Waals surface area contributed by atoms with Crippen molar-refractivity contribution < 1.29 is 17.9 Å². The van der Waals surface area contributed by atoms with Crippen molar-refractivity contribution in [3.05, 3.63) is 79.4 Å². The van der Waals surface area contributed by atoms with Gasteiger partial charge in [0, 0.05) is 37.7 Å². The van der Waals surface area contributed by atoms with Gasteiger partial charge in [-0.2, -0.15) is 4.31 Å². The minimum Gasteiger partial charge on any atom is -0.497 e. The first-order chi connectivity index (χ1) is 16.8. The average molecular weight is 576 g/mol. The van der Waals surface area contributed by atoms with Crippen LogP contribution < -0.4 is 4.74 Å². The fourth-order valence-electron chi connectivity index (χ4n) is 3.92. The summed E-state index contributed by atoms with van der Waals surface area (Å²) in [4.78, 5) is 2.28. The van der Waals surface area contributed by atoms with Crippen molar-refractivity contribution in [1.29, 1.82) is 0 Å². The molecule has 1 saturated heterocycles. The Morgan fingerprint density at radius 3 is 2.34 bits per heavy atom. The number of ether oxygens (including phenoxy) is 2. The van der Waals surface area contributed by atoms with Crippen molar-refractivity contribution in [2.24, 2.45) is 0 Å². The molecule has 1 fully saturated rings. The number of methoxy groups -OCH3 is 1. The largest absolute Gasteiger partial charge is 0.497 e. The molecule has 6 nitrogen and oxygen atoms in total. The third kappa shape index (κ3) is 6.70. The van der Waals surface area contributed by atoms with E-state index in [9.17, 15) is 8.42 Å². The minimum atomic E-state index is -3.69. The molecule has 1 aliphatic rings. The molecular weight excluding hydrogens is 551 g/mol. The lowest BCUT2D eigenvalue weighted by Crippen LogP contribution is -2.49. The second-order valence-electron chi connectivity index (χ2n) is 8.10. The predicted molar refractivity (Wildman–Crippen MR) is 142 cm³/mol. The Bertz CT molecular complexity index is 1240. The Morgan fingerprint density at radius 2 is 1.71 bits per heavy atom. The van der Waals surface area contributed by atoms with E-state index in [0.29, 0.717) is 48.7 Å². The molecule has 188 valence electrons. The van der Waals surface area contributed by atoms with E-state index in [1.165, 1.54) is 10.4 Å². The molecule has 0 N–H and O–H groups in total. The number of hydrogen-bond donors (Lipinski definition) is 0. The van der Waals surface area contributed by atoms with E-state index in [2.05, 4.69) is 4.90 Å². The summed E-state index contributed by atoms with van der Waals surface area (Å²) in [6, 6.07) is 16.8. The summed E-state index contributed by atoms with van der Waals surface area (Å²) in [5.74, 6) is 0.776. The second-order valence-corrected chi connectivity index (χ2v) is 12.7. The highest BCUT2D eigenvalue weighted by Crippen LogP contribution is 2.36. The topological polar surface area (TPSA) is 59.1 Å². The highest BCUT2D eigenvalue weighted by molar-refractivity contribution is 7.89. The van der Waals surface area contributed by atoms with Crippen LogP contribution >= 0.6 is 46.1 Å². The van der Waals surface area contributed by atoms with Gasteiger partial charge in [0.1, 0.15) is 15.0 Å². The zero-order valence-electron chi connectivity index (χ0n) is 19.0. The van der Waals surface area contributed by atoms with Crippen molar-refractivity contribution in [3.63, 3.8) is 0 Å². The molecule has 11 heteroatoms. The fourth-order valence-corrected chi connectivity index (χ4v) is 7.58. The van der Waals surface area contributed by atoms with Gasteiger partial charge in [0.05, 0.1) is 24.2 Å². The van der Waals surface area contributed by atoms with Crippen molar-refractivity contribution in [2.45, 2.75) is 17.6 Å². The molecule has 4 rings (SSSR count). The van der Waals surface area contributed by atoms with E-state index < -0.39 is 10.0 Å². The first-order valence-electron chi connectivity index (χ1n) is 10.9. The van der Waals surface area contributed by atoms with Crippen LogP contribution in [-0.2, 0) is 21.4 Å². The van der Waals surface area contributed by atoms with Crippen molar-refractivity contribution >= 4 is 56.2 Å². The maximum atomic E-state index is 13.0. The van der Waals surface area contributed by atoms with Gasteiger partial charge in [-0.25, -0.2) is 8.42 Å². The molecule has 0 aliphatic carbocycles. The summed E-state index contributed by atoms with van der Waals surface area (Å²) in [5, 5.41) is 0.659. The lowest BCUT2D eigenvalue weighted by molar-refractivity contribution is 0.00767. The van der Waals surface area contributed by atoms with E-state index in [1.54, 1.807) is 7.11 Å². The number of sulfonamides is 1. The standard InChI is InChI=1S/C24H25Cl3N2O4S2/c1-32-20-4-2-3-17(13-20)16-33-21(18-5-7-19(25)8-6-18)15-28-9-11-29(12-10-28)35(30,31)22-14-23(26)34-24(22)27/h2-8,13-14,21H,9-12,15-16H2,1H3/t21-/m1/s1. The van der Waals surface area contributed by atoms with Gasteiger partial charge >= 0.3 is 0 Å². The van der Waals surface area contributed by atoms with Crippen LogP contribution in [-0.4, -0.2) is 57.5 Å². The van der Waals surface area contributed by atoms with Crippen LogP contribution in [0.3, 0.4) is 0 Å². The minimum absolute atomic E-state index is 0.0725. The van der Waals surface area contributed by atoms with E-state index in [1.807, 2.05) is 48.5 Å². The molecule has 0 amide bonds. The molecular formula is C24H25Cl3N2O4S2. The highest BCUT2D eigenvalue weighted by atomic mass is 35.5. The number of hydrogen-bond acceptors (Lipinski definition) is 6. The molecule has 1 atom stereocenters. The Labute approximate surface area is 225 Å². The third-order valence-electron chi connectivity index (χ3n) is 5.83. The van der Waals surface area contributed by atoms with E-state index in [-0.39, 0.29) is 15.3 Å². The van der Waals surface area contributed by atoms with Gasteiger partial charge in [-0.3, -0.25) is 4.90 Å². The highest BCUT2D eigenvalue weighted by Gasteiger charge is 2.32. The Kier molecular flexibility index (Phi) is 8.99. The molecule has 2 heterocycles. The molecule has 0 saturated carbocycles. The van der Waals surface area contributed by atoms with Crippen LogP contribution in [0.15, 0.2) is 59.5 Å². The van der Waals surface area contributed by atoms with E-state index >= 15 is 0 Å². The van der Waals surface area contributed by atoms with E-state index in [0.717, 1.165) is 28.2 Å². The number of rotatable bonds is 9. The van der Waals surface area contributed by atoms with Gasteiger partial charge < -0.3 is 9.47 Å². The van der Waals surface area contributed by atoms with Gasteiger partial charge in [0.25, 0.3) is 0 Å². The quantitative estimate of drug-likeness (QED) is 0.314. The van der Waals surface area contributed by atoms with Gasteiger partial charge in [-0.1, -0.05) is 59.1 Å². The summed E-state index contributed by atoms with van der Waals surface area (Å²) < 4.78 is 39.7. The van der Waals surface area contributed by atoms with Crippen LogP contribution in [0.1, 0.15) is 17.2 Å². The number of benzene rings is 2. The normalized spacial score (nSPS) is 16.3. The number of thiophene rings is 1. The molecule has 35 heavy (non-hydrogen) atoms. The molecule has 0 unspecified atom stereocenters. The first kappa shape index (κ1) is 26.7. The molecule has 1 aliphatic heterocycles. The molecule has 0 bridgehead atoms. The lowest BCUT2D eigenvalue weighted by atomic mass is 10.1. The van der Waals surface area contributed by atoms with Gasteiger partial charge in [-0.05, 0) is 41.5 Å². The van der Waals surface area contributed by atoms with E-state index in [4.69, 9.17) is 44.3 Å². The Morgan fingerprint density at radius 1 is 1.00 bits per heavy atom. The van der Waals surface area contributed by atoms with Gasteiger partial charge in [-0.15, -0.1) is 11.3 Å². The van der Waals surface area contributed by atoms with Crippen LogP contribution in [0.25, 0.3) is 0 Å². The smallest absolute Gasteiger partial charge is 0.245 e. The maximum absolute atomic E-state index is 13.0. The molecule has 3 aromatic rings. The zero-order chi connectivity index (χ0) is 25.0. The Balaban J connectivity index is 1.42. The van der Waals surface area contributed by atoms with Crippen molar-refractivity contribution in [1.82, 2.24) is 9.21 Å². The molecule has 2 aromatic carbocycles. The second kappa shape index (κ2) is 11.8. The molecule has 1 aromatic heterocycles. The summed E-state index contributed by atoms with van der Waals surface area (Å²) in [7, 11) is -2.05. The summed E-state index contributed by atoms with van der Waals surface area (Å²) >= 11 is 19.2. The van der Waals surface area contributed by atoms with Crippen LogP contribution in [0, 0.1) is 0 Å². The maximum Gasteiger partial charge on any atom is 0.245 e. The number of halogens is 3. The molecule has 0 spiro atoms. The van der Waals surface area contributed by atoms with Crippen LogP contribution in [0.5, 0.6) is 5.75 Å². The predicted octanol–water partition coefficient (Wildman–Crippen LogP) is 5.98. The summed E-state index contributed by atoms with van der Waals surface area (Å²) in [5.41, 5.74) is 2.01. The summed E-state index contributed by atoms with van der Waals surface area (Å²) in [6.07, 6.45) is -0.216. The van der Waals surface area contributed by atoms with Crippen molar-refractivity contribution in [3.8, 4) is 5.75 Å². The Hall–Kier alpha value is -1.36. The first-order valence-corrected chi connectivity index (χ1v) is 14.3. The van der Waals surface area contributed by atoms with Crippen LogP contribution in [0.4, 0.5) is 0 Å². The summed E-state index contributed by atoms with van der Waals surface area (Å²) in [6.45, 7) is 2.88. The zero-order valence-corrected chi connectivity index (χ0v) is 22.9. The monoisotopic (exact) mass is 574 g/mol. The average Bonchev–Trinajstić information content (AvgIpc) is 3.21. The third-order valence-corrected chi connectivity index (χ3v) is 9.73. The number of nitrogens with zero attached hydrogens (tertiary/aromatic N) is 2. The molecule has 0 radical (unpaired) electrons. The van der Waals surface area contributed by atoms with Gasteiger partial charge in [0.2, 0.25) is 10.0 Å². The number of piperazine rings is 1. The van der Waals surface area contributed by atoms with Crippen LogP contribution in [0.2, 0.25) is 13.7 Å². The van der Waals surface area contributed by atoms with Crippen molar-refractivity contribution in [2.75, 3.05) is 39.8 Å². The SMILES string of the molecule is COc1cccc(CO[C@H](CN2CCN(S(=O)(=O)c3cc(Cl)sc3Cl)CC2)c2ccc(Cl)cc2)c1.